The van der Waals surface area contributed by atoms with Crippen LogP contribution in [-0.2, 0) is 22.0 Å². The molecule has 0 bridgehead atoms. The van der Waals surface area contributed by atoms with Crippen LogP contribution in [0.1, 0.15) is 28.4 Å². The quantitative estimate of drug-likeness (QED) is 0.868. The van der Waals surface area contributed by atoms with E-state index in [9.17, 15) is 12.8 Å². The molecule has 2 aromatic rings. The predicted molar refractivity (Wildman–Crippen MR) is 79.3 cm³/mol. The van der Waals surface area contributed by atoms with Crippen LogP contribution >= 0.6 is 11.6 Å². The summed E-state index contributed by atoms with van der Waals surface area (Å²) in [6.07, 6.45) is 3.56. The number of rotatable bonds is 3. The SMILES string of the molecule is O=S(=O)(Cc1ccncc1F)C1CCc2c(Cl)cccc21. The fraction of sp³-hybridized carbons (Fsp3) is 0.267. The molecule has 0 aliphatic heterocycles. The lowest BCUT2D eigenvalue weighted by molar-refractivity contribution is 0.573. The summed E-state index contributed by atoms with van der Waals surface area (Å²) in [5.41, 5.74) is 1.79. The average molecular weight is 326 g/mol. The fourth-order valence-corrected chi connectivity index (χ4v) is 5.01. The zero-order valence-electron chi connectivity index (χ0n) is 11.1. The van der Waals surface area contributed by atoms with E-state index in [2.05, 4.69) is 4.98 Å². The molecule has 1 aromatic heterocycles. The summed E-state index contributed by atoms with van der Waals surface area (Å²) in [5, 5.41) is -0.0148. The molecule has 1 atom stereocenters. The number of benzene rings is 1. The fourth-order valence-electron chi connectivity index (χ4n) is 2.78. The lowest BCUT2D eigenvalue weighted by atomic mass is 10.1. The van der Waals surface area contributed by atoms with Crippen LogP contribution in [0.15, 0.2) is 36.7 Å². The Hall–Kier alpha value is -1.46. The molecule has 1 unspecified atom stereocenters. The number of fused-ring (bicyclic) bond motifs is 1. The molecular formula is C15H13ClFNO2S. The van der Waals surface area contributed by atoms with Crippen LogP contribution < -0.4 is 0 Å². The first-order valence-electron chi connectivity index (χ1n) is 6.56. The topological polar surface area (TPSA) is 47.0 Å². The number of pyridine rings is 1. The van der Waals surface area contributed by atoms with Crippen molar-refractivity contribution in [1.29, 1.82) is 0 Å². The van der Waals surface area contributed by atoms with Crippen molar-refractivity contribution >= 4 is 21.4 Å². The van der Waals surface area contributed by atoms with Crippen molar-refractivity contribution in [3.8, 4) is 0 Å². The van der Waals surface area contributed by atoms with E-state index < -0.39 is 20.9 Å². The minimum Gasteiger partial charge on any atom is -0.262 e. The van der Waals surface area contributed by atoms with Crippen molar-refractivity contribution in [1.82, 2.24) is 4.98 Å². The number of aromatic nitrogens is 1. The minimum atomic E-state index is -3.49. The van der Waals surface area contributed by atoms with Crippen molar-refractivity contribution in [2.75, 3.05) is 0 Å². The smallest absolute Gasteiger partial charge is 0.161 e. The Morgan fingerprint density at radius 3 is 2.90 bits per heavy atom. The van der Waals surface area contributed by atoms with Crippen LogP contribution in [0.2, 0.25) is 5.02 Å². The van der Waals surface area contributed by atoms with Gasteiger partial charge in [0.2, 0.25) is 0 Å². The zero-order valence-corrected chi connectivity index (χ0v) is 12.7. The standard InChI is InChI=1S/C15H13ClFNO2S/c16-13-3-1-2-12-11(13)4-5-15(12)21(19,20)9-10-6-7-18-8-14(10)17/h1-3,6-8,15H,4-5,9H2. The first-order valence-corrected chi connectivity index (χ1v) is 8.65. The third-order valence-corrected chi connectivity index (χ3v) is 6.23. The van der Waals surface area contributed by atoms with E-state index in [1.807, 2.05) is 0 Å². The van der Waals surface area contributed by atoms with Gasteiger partial charge in [-0.3, -0.25) is 4.98 Å². The van der Waals surface area contributed by atoms with Gasteiger partial charge in [0.15, 0.2) is 9.84 Å². The van der Waals surface area contributed by atoms with Gasteiger partial charge in [0.25, 0.3) is 0 Å². The van der Waals surface area contributed by atoms with Gasteiger partial charge < -0.3 is 0 Å². The summed E-state index contributed by atoms with van der Waals surface area (Å²) in [6, 6.07) is 6.71. The second-order valence-corrected chi connectivity index (χ2v) is 7.70. The van der Waals surface area contributed by atoms with Gasteiger partial charge in [0.05, 0.1) is 17.2 Å². The Bertz CT molecular complexity index is 792. The number of hydrogen-bond donors (Lipinski definition) is 0. The van der Waals surface area contributed by atoms with Gasteiger partial charge in [-0.1, -0.05) is 23.7 Å². The number of hydrogen-bond acceptors (Lipinski definition) is 3. The number of halogens is 2. The molecule has 0 spiro atoms. The predicted octanol–water partition coefficient (Wildman–Crippen LogP) is 3.48. The molecule has 110 valence electrons. The van der Waals surface area contributed by atoms with Gasteiger partial charge in [-0.05, 0) is 36.1 Å². The van der Waals surface area contributed by atoms with E-state index >= 15 is 0 Å². The molecule has 0 saturated carbocycles. The first kappa shape index (κ1) is 14.5. The number of sulfone groups is 1. The largest absolute Gasteiger partial charge is 0.262 e. The third kappa shape index (κ3) is 2.68. The molecule has 0 saturated heterocycles. The summed E-state index contributed by atoms with van der Waals surface area (Å²) < 4.78 is 38.8. The van der Waals surface area contributed by atoms with Gasteiger partial charge in [-0.2, -0.15) is 0 Å². The van der Waals surface area contributed by atoms with Crippen LogP contribution in [0.5, 0.6) is 0 Å². The summed E-state index contributed by atoms with van der Waals surface area (Å²) >= 11 is 6.11. The lowest BCUT2D eigenvalue weighted by Crippen LogP contribution is -2.14. The van der Waals surface area contributed by atoms with Crippen LogP contribution in [-0.4, -0.2) is 13.4 Å². The molecule has 1 aliphatic carbocycles. The summed E-state index contributed by atoms with van der Waals surface area (Å²) in [6.45, 7) is 0. The Morgan fingerprint density at radius 1 is 1.33 bits per heavy atom. The van der Waals surface area contributed by atoms with E-state index in [1.165, 1.54) is 12.3 Å². The normalized spacial score (nSPS) is 17.7. The average Bonchev–Trinajstić information content (AvgIpc) is 2.87. The van der Waals surface area contributed by atoms with Crippen molar-refractivity contribution in [2.45, 2.75) is 23.8 Å². The van der Waals surface area contributed by atoms with Crippen molar-refractivity contribution in [2.24, 2.45) is 0 Å². The van der Waals surface area contributed by atoms with Crippen LogP contribution in [0, 0.1) is 5.82 Å². The monoisotopic (exact) mass is 325 g/mol. The highest BCUT2D eigenvalue weighted by Gasteiger charge is 2.34. The Labute approximate surface area is 127 Å². The number of nitrogens with zero attached hydrogens (tertiary/aromatic N) is 1. The molecule has 21 heavy (non-hydrogen) atoms. The van der Waals surface area contributed by atoms with Crippen LogP contribution in [0.25, 0.3) is 0 Å². The summed E-state index contributed by atoms with van der Waals surface area (Å²) in [5.74, 6) is -0.914. The van der Waals surface area contributed by atoms with Gasteiger partial charge in [0, 0.05) is 16.8 Å². The Balaban J connectivity index is 1.95. The Kier molecular flexibility index (Phi) is 3.71. The lowest BCUT2D eigenvalue weighted by Gasteiger charge is -2.13. The molecule has 0 amide bonds. The van der Waals surface area contributed by atoms with Crippen molar-refractivity contribution in [3.63, 3.8) is 0 Å². The van der Waals surface area contributed by atoms with Crippen molar-refractivity contribution in [3.05, 3.63) is 64.2 Å². The summed E-state index contributed by atoms with van der Waals surface area (Å²) in [7, 11) is -3.49. The molecule has 0 fully saturated rings. The second kappa shape index (κ2) is 5.39. The molecule has 6 heteroatoms. The molecule has 0 radical (unpaired) electrons. The highest BCUT2D eigenvalue weighted by atomic mass is 35.5. The second-order valence-electron chi connectivity index (χ2n) is 5.11. The third-order valence-electron chi connectivity index (χ3n) is 3.81. The van der Waals surface area contributed by atoms with E-state index in [-0.39, 0.29) is 11.3 Å². The van der Waals surface area contributed by atoms with Gasteiger partial charge >= 0.3 is 0 Å². The zero-order chi connectivity index (χ0) is 15.0. The van der Waals surface area contributed by atoms with Gasteiger partial charge in [-0.25, -0.2) is 12.8 Å². The molecule has 3 rings (SSSR count). The highest BCUT2D eigenvalue weighted by molar-refractivity contribution is 7.90. The maximum Gasteiger partial charge on any atom is 0.161 e. The highest BCUT2D eigenvalue weighted by Crippen LogP contribution is 2.41. The van der Waals surface area contributed by atoms with E-state index in [4.69, 9.17) is 11.6 Å². The van der Waals surface area contributed by atoms with Gasteiger partial charge in [0.1, 0.15) is 5.82 Å². The molecule has 1 aromatic carbocycles. The van der Waals surface area contributed by atoms with E-state index in [0.29, 0.717) is 17.9 Å². The minimum absolute atomic E-state index is 0.153. The molecule has 3 nitrogen and oxygen atoms in total. The van der Waals surface area contributed by atoms with Crippen LogP contribution in [0.4, 0.5) is 4.39 Å². The van der Waals surface area contributed by atoms with E-state index in [1.54, 1.807) is 18.2 Å². The van der Waals surface area contributed by atoms with Crippen molar-refractivity contribution < 1.29 is 12.8 Å². The molecular weight excluding hydrogens is 313 g/mol. The van der Waals surface area contributed by atoms with E-state index in [0.717, 1.165) is 17.3 Å². The summed E-state index contributed by atoms with van der Waals surface area (Å²) in [4.78, 5) is 3.63. The molecule has 1 aliphatic rings. The van der Waals surface area contributed by atoms with Crippen LogP contribution in [0.3, 0.4) is 0 Å². The Morgan fingerprint density at radius 2 is 2.14 bits per heavy atom. The maximum absolute atomic E-state index is 13.6. The first-order chi connectivity index (χ1) is 9.99. The maximum atomic E-state index is 13.6. The molecule has 1 heterocycles. The van der Waals surface area contributed by atoms with Gasteiger partial charge in [-0.15, -0.1) is 0 Å². The molecule has 0 N–H and O–H groups in total.